The molecule has 1 aliphatic heterocycles. The van der Waals surface area contributed by atoms with Crippen LogP contribution in [0, 0.1) is 0 Å². The fourth-order valence-electron chi connectivity index (χ4n) is 7.41. The van der Waals surface area contributed by atoms with Crippen molar-refractivity contribution in [1.29, 1.82) is 0 Å². The fraction of sp³-hybridized carbons (Fsp3) is 0.878. The Morgan fingerprint density at radius 3 is 1.32 bits per heavy atom. The Hall–Kier alpha value is -1.82. The van der Waals surface area contributed by atoms with Crippen molar-refractivity contribution in [2.45, 2.75) is 256 Å². The van der Waals surface area contributed by atoms with Crippen LogP contribution in [0.3, 0.4) is 0 Å². The first kappa shape index (κ1) is 55.2. The van der Waals surface area contributed by atoms with E-state index in [1.165, 1.54) is 128 Å². The van der Waals surface area contributed by atoms with E-state index in [4.69, 9.17) is 18.9 Å². The summed E-state index contributed by atoms with van der Waals surface area (Å²) in [6.45, 7) is 3.42. The molecule has 6 atom stereocenters. The molecular weight excluding hydrogens is 749 g/mol. The zero-order valence-corrected chi connectivity index (χ0v) is 37.8. The molecule has 346 valence electrons. The molecule has 0 spiro atoms. The van der Waals surface area contributed by atoms with E-state index in [9.17, 15) is 30.0 Å². The molecule has 1 heterocycles. The molecule has 0 aromatic carbocycles. The molecule has 0 aromatic rings. The SMILES string of the molecule is CCCCCCCC/C=C\CCCCCCCCCCCC(=O)OC(COC(=O)CCCCCCC/C=C\CCCCCCCC)COC1OC(CO)C(O)C(O)C1O. The number of rotatable bonds is 41. The molecule has 0 amide bonds. The largest absolute Gasteiger partial charge is 0.462 e. The molecule has 6 unspecified atom stereocenters. The molecule has 0 aliphatic carbocycles. The second kappa shape index (κ2) is 40.3. The van der Waals surface area contributed by atoms with Crippen LogP contribution in [0.5, 0.6) is 0 Å². The highest BCUT2D eigenvalue weighted by Crippen LogP contribution is 2.23. The highest BCUT2D eigenvalue weighted by molar-refractivity contribution is 5.70. The van der Waals surface area contributed by atoms with Gasteiger partial charge in [0.1, 0.15) is 31.0 Å². The van der Waals surface area contributed by atoms with Gasteiger partial charge in [-0.1, -0.05) is 167 Å². The number of aliphatic hydroxyl groups is 4. The quantitative estimate of drug-likeness (QED) is 0.0266. The molecule has 1 aliphatic rings. The van der Waals surface area contributed by atoms with Crippen molar-refractivity contribution >= 4 is 11.9 Å². The summed E-state index contributed by atoms with van der Waals surface area (Å²) in [4.78, 5) is 25.4. The minimum atomic E-state index is -1.59. The zero-order chi connectivity index (χ0) is 43.0. The lowest BCUT2D eigenvalue weighted by Gasteiger charge is -2.39. The Bertz CT molecular complexity index is 1020. The summed E-state index contributed by atoms with van der Waals surface area (Å²) in [6.07, 6.45) is 37.5. The smallest absolute Gasteiger partial charge is 0.306 e. The third-order valence-electron chi connectivity index (χ3n) is 11.3. The predicted molar refractivity (Wildman–Crippen MR) is 238 cm³/mol. The summed E-state index contributed by atoms with van der Waals surface area (Å²) in [7, 11) is 0. The Morgan fingerprint density at radius 1 is 0.508 bits per heavy atom. The van der Waals surface area contributed by atoms with Crippen LogP contribution in [-0.2, 0) is 28.5 Å². The van der Waals surface area contributed by atoms with E-state index in [2.05, 4.69) is 38.2 Å². The zero-order valence-electron chi connectivity index (χ0n) is 37.8. The van der Waals surface area contributed by atoms with Crippen LogP contribution in [0.15, 0.2) is 24.3 Å². The van der Waals surface area contributed by atoms with Gasteiger partial charge in [0, 0.05) is 12.8 Å². The Kier molecular flexibility index (Phi) is 37.7. The van der Waals surface area contributed by atoms with Crippen molar-refractivity contribution in [2.75, 3.05) is 19.8 Å². The number of unbranched alkanes of at least 4 members (excludes halogenated alkanes) is 26. The number of hydrogen-bond acceptors (Lipinski definition) is 10. The highest BCUT2D eigenvalue weighted by Gasteiger charge is 2.44. The normalized spacial score (nSPS) is 20.1. The molecule has 0 radical (unpaired) electrons. The number of carbonyl (C=O) groups excluding carboxylic acids is 2. The molecule has 1 rings (SSSR count). The van der Waals surface area contributed by atoms with Gasteiger partial charge in [0.15, 0.2) is 12.4 Å². The Labute approximate surface area is 360 Å². The lowest BCUT2D eigenvalue weighted by atomic mass is 9.99. The Balaban J connectivity index is 2.29. The van der Waals surface area contributed by atoms with Crippen molar-refractivity contribution in [3.8, 4) is 0 Å². The topological polar surface area (TPSA) is 152 Å². The average molecular weight is 839 g/mol. The van der Waals surface area contributed by atoms with Gasteiger partial charge in [0.05, 0.1) is 13.2 Å². The predicted octanol–water partition coefficient (Wildman–Crippen LogP) is 10.9. The molecule has 0 bridgehead atoms. The second-order valence-corrected chi connectivity index (χ2v) is 16.9. The maximum Gasteiger partial charge on any atom is 0.306 e. The number of aliphatic hydroxyl groups excluding tert-OH is 4. The second-order valence-electron chi connectivity index (χ2n) is 16.9. The maximum atomic E-state index is 12.8. The number of hydrogen-bond donors (Lipinski definition) is 4. The van der Waals surface area contributed by atoms with Crippen molar-refractivity contribution in [2.24, 2.45) is 0 Å². The number of ether oxygens (including phenoxy) is 4. The molecular formula is C49H90O10. The van der Waals surface area contributed by atoms with Gasteiger partial charge >= 0.3 is 11.9 Å². The first-order valence-electron chi connectivity index (χ1n) is 24.4. The summed E-state index contributed by atoms with van der Waals surface area (Å²) in [5.74, 6) is -0.811. The maximum absolute atomic E-state index is 12.8. The van der Waals surface area contributed by atoms with Crippen molar-refractivity contribution in [1.82, 2.24) is 0 Å². The van der Waals surface area contributed by atoms with E-state index >= 15 is 0 Å². The standard InChI is InChI=1S/C49H90O10/c1-3-5-7-9-11-13-15-17-19-20-21-22-24-26-28-30-32-34-36-38-45(52)58-42(41-57-49-48(55)47(54)46(53)43(39-50)59-49)40-56-44(51)37-35-33-31-29-27-25-23-18-16-14-12-10-8-6-4-2/h17-19,23,42-43,46-50,53-55H,3-16,20-22,24-41H2,1-2H3/b19-17-,23-18-. The van der Waals surface area contributed by atoms with E-state index < -0.39 is 49.4 Å². The molecule has 59 heavy (non-hydrogen) atoms. The molecule has 1 fully saturated rings. The van der Waals surface area contributed by atoms with Crippen LogP contribution in [0.2, 0.25) is 0 Å². The number of allylic oxidation sites excluding steroid dienone is 4. The summed E-state index contributed by atoms with van der Waals surface area (Å²) < 4.78 is 22.2. The minimum Gasteiger partial charge on any atom is -0.462 e. The van der Waals surface area contributed by atoms with Crippen molar-refractivity contribution in [3.05, 3.63) is 24.3 Å². The molecule has 1 saturated heterocycles. The van der Waals surface area contributed by atoms with Gasteiger partial charge < -0.3 is 39.4 Å². The van der Waals surface area contributed by atoms with E-state index in [0.717, 1.165) is 57.8 Å². The third-order valence-corrected chi connectivity index (χ3v) is 11.3. The fourth-order valence-corrected chi connectivity index (χ4v) is 7.41. The first-order chi connectivity index (χ1) is 28.8. The van der Waals surface area contributed by atoms with E-state index in [1.54, 1.807) is 0 Å². The van der Waals surface area contributed by atoms with Crippen LogP contribution in [-0.4, -0.2) is 89.0 Å². The monoisotopic (exact) mass is 839 g/mol. The molecule has 0 saturated carbocycles. The lowest BCUT2D eigenvalue weighted by molar-refractivity contribution is -0.305. The molecule has 4 N–H and O–H groups in total. The van der Waals surface area contributed by atoms with Crippen LogP contribution < -0.4 is 0 Å². The Morgan fingerprint density at radius 2 is 0.898 bits per heavy atom. The third kappa shape index (κ3) is 31.7. The van der Waals surface area contributed by atoms with Crippen molar-refractivity contribution in [3.63, 3.8) is 0 Å². The highest BCUT2D eigenvalue weighted by atomic mass is 16.7. The summed E-state index contributed by atoms with van der Waals surface area (Å²) in [5, 5.41) is 40.1. The first-order valence-corrected chi connectivity index (χ1v) is 24.4. The van der Waals surface area contributed by atoms with Crippen LogP contribution in [0.1, 0.15) is 219 Å². The van der Waals surface area contributed by atoms with Gasteiger partial charge in [-0.15, -0.1) is 0 Å². The molecule has 10 heteroatoms. The van der Waals surface area contributed by atoms with E-state index in [0.29, 0.717) is 6.42 Å². The van der Waals surface area contributed by atoms with Gasteiger partial charge in [-0.3, -0.25) is 9.59 Å². The van der Waals surface area contributed by atoms with Crippen LogP contribution >= 0.6 is 0 Å². The van der Waals surface area contributed by atoms with Gasteiger partial charge in [0.25, 0.3) is 0 Å². The average Bonchev–Trinajstić information content (AvgIpc) is 3.23. The van der Waals surface area contributed by atoms with Gasteiger partial charge in [-0.05, 0) is 64.2 Å². The van der Waals surface area contributed by atoms with E-state index in [-0.39, 0.29) is 32.0 Å². The van der Waals surface area contributed by atoms with Gasteiger partial charge in [0.2, 0.25) is 0 Å². The van der Waals surface area contributed by atoms with E-state index in [1.807, 2.05) is 0 Å². The number of esters is 2. The summed E-state index contributed by atoms with van der Waals surface area (Å²) in [5.41, 5.74) is 0. The minimum absolute atomic E-state index is 0.220. The molecule has 10 nitrogen and oxygen atoms in total. The van der Waals surface area contributed by atoms with Gasteiger partial charge in [-0.25, -0.2) is 0 Å². The lowest BCUT2D eigenvalue weighted by Crippen LogP contribution is -2.59. The van der Waals surface area contributed by atoms with Crippen LogP contribution in [0.25, 0.3) is 0 Å². The van der Waals surface area contributed by atoms with Crippen molar-refractivity contribution < 1.29 is 49.0 Å². The number of carbonyl (C=O) groups is 2. The summed E-state index contributed by atoms with van der Waals surface area (Å²) in [6, 6.07) is 0. The summed E-state index contributed by atoms with van der Waals surface area (Å²) >= 11 is 0. The van der Waals surface area contributed by atoms with Crippen LogP contribution in [0.4, 0.5) is 0 Å². The van der Waals surface area contributed by atoms with Gasteiger partial charge in [-0.2, -0.15) is 0 Å². The molecule has 0 aromatic heterocycles.